The van der Waals surface area contributed by atoms with Crippen molar-refractivity contribution in [2.45, 2.75) is 33.6 Å². The summed E-state index contributed by atoms with van der Waals surface area (Å²) in [5.41, 5.74) is -0.253. The average Bonchev–Trinajstić information content (AvgIpc) is 2.00. The Labute approximate surface area is 74.9 Å². The topological polar surface area (TPSA) is 17.1 Å². The zero-order valence-corrected chi connectivity index (χ0v) is 8.26. The van der Waals surface area contributed by atoms with Gasteiger partial charge in [-0.2, -0.15) is 0 Å². The molecule has 1 aliphatic rings. The van der Waals surface area contributed by atoms with E-state index < -0.39 is 0 Å². The van der Waals surface area contributed by atoms with Crippen LogP contribution >= 0.6 is 0 Å². The van der Waals surface area contributed by atoms with Gasteiger partial charge in [-0.3, -0.25) is 4.79 Å². The maximum absolute atomic E-state index is 11.8. The molecule has 1 heteroatoms. The molecule has 1 rings (SSSR count). The first-order valence-electron chi connectivity index (χ1n) is 4.67. The van der Waals surface area contributed by atoms with E-state index in [1.807, 2.05) is 19.9 Å². The van der Waals surface area contributed by atoms with E-state index in [1.165, 1.54) is 0 Å². The Morgan fingerprint density at radius 2 is 2.17 bits per heavy atom. The molecule has 0 aromatic rings. The maximum atomic E-state index is 11.8. The van der Waals surface area contributed by atoms with E-state index in [1.54, 1.807) is 0 Å². The molecule has 0 aliphatic heterocycles. The van der Waals surface area contributed by atoms with Crippen LogP contribution in [0.5, 0.6) is 0 Å². The van der Waals surface area contributed by atoms with Gasteiger partial charge in [-0.25, -0.2) is 0 Å². The molecule has 0 heterocycles. The van der Waals surface area contributed by atoms with Gasteiger partial charge in [0.1, 0.15) is 5.78 Å². The van der Waals surface area contributed by atoms with Crippen LogP contribution in [0.1, 0.15) is 33.6 Å². The minimum atomic E-state index is -0.253. The molecule has 1 fully saturated rings. The van der Waals surface area contributed by atoms with Gasteiger partial charge in [0.15, 0.2) is 0 Å². The highest BCUT2D eigenvalue weighted by atomic mass is 16.1. The lowest BCUT2D eigenvalue weighted by molar-refractivity contribution is -0.133. The van der Waals surface area contributed by atoms with E-state index in [-0.39, 0.29) is 11.3 Å². The van der Waals surface area contributed by atoms with E-state index in [2.05, 4.69) is 13.5 Å². The molecule has 0 aromatic heterocycles. The summed E-state index contributed by atoms with van der Waals surface area (Å²) in [6, 6.07) is 0. The smallest absolute Gasteiger partial charge is 0.145 e. The Hall–Kier alpha value is -0.590. The highest BCUT2D eigenvalue weighted by molar-refractivity contribution is 5.88. The van der Waals surface area contributed by atoms with Gasteiger partial charge in [0.2, 0.25) is 0 Å². The van der Waals surface area contributed by atoms with Crippen molar-refractivity contribution in [2.75, 3.05) is 0 Å². The van der Waals surface area contributed by atoms with Gasteiger partial charge < -0.3 is 0 Å². The summed E-state index contributed by atoms with van der Waals surface area (Å²) in [6.07, 6.45) is 3.84. The molecular formula is C11H18O. The number of ketones is 1. The summed E-state index contributed by atoms with van der Waals surface area (Å²) in [4.78, 5) is 11.8. The molecule has 0 bridgehead atoms. The van der Waals surface area contributed by atoms with Gasteiger partial charge in [0.25, 0.3) is 0 Å². The van der Waals surface area contributed by atoms with E-state index >= 15 is 0 Å². The number of allylic oxidation sites excluding steroid dienone is 1. The van der Waals surface area contributed by atoms with Crippen molar-refractivity contribution in [3.63, 3.8) is 0 Å². The second-order valence-electron chi connectivity index (χ2n) is 4.43. The van der Waals surface area contributed by atoms with Crippen molar-refractivity contribution in [3.05, 3.63) is 12.7 Å². The van der Waals surface area contributed by atoms with Crippen molar-refractivity contribution >= 4 is 5.78 Å². The fourth-order valence-corrected chi connectivity index (χ4v) is 2.37. The maximum Gasteiger partial charge on any atom is 0.145 e. The highest BCUT2D eigenvalue weighted by Gasteiger charge is 2.39. The lowest BCUT2D eigenvalue weighted by Gasteiger charge is -2.36. The third-order valence-corrected chi connectivity index (χ3v) is 2.99. The van der Waals surface area contributed by atoms with Gasteiger partial charge in [0, 0.05) is 11.3 Å². The fourth-order valence-electron chi connectivity index (χ4n) is 2.37. The predicted molar refractivity (Wildman–Crippen MR) is 50.9 cm³/mol. The van der Waals surface area contributed by atoms with Crippen LogP contribution in [0, 0.1) is 17.3 Å². The standard InChI is InChI=1S/C11H18O/c1-5-11(4)7-8(2)6-9(3)10(11)12/h5,8-9H,1,6-7H2,2-4H3. The number of rotatable bonds is 1. The average molecular weight is 166 g/mol. The number of Topliss-reactive ketones (excluding diaryl/α,β-unsaturated/α-hetero) is 1. The molecule has 0 N–H and O–H groups in total. The van der Waals surface area contributed by atoms with Gasteiger partial charge in [-0.1, -0.05) is 19.9 Å². The molecule has 0 radical (unpaired) electrons. The molecule has 0 amide bonds. The molecule has 0 spiro atoms. The largest absolute Gasteiger partial charge is 0.298 e. The minimum Gasteiger partial charge on any atom is -0.298 e. The highest BCUT2D eigenvalue weighted by Crippen LogP contribution is 2.39. The normalized spacial score (nSPS) is 42.8. The molecule has 3 atom stereocenters. The van der Waals surface area contributed by atoms with Crippen molar-refractivity contribution in [1.29, 1.82) is 0 Å². The summed E-state index contributed by atoms with van der Waals surface area (Å²) in [6.45, 7) is 10.0. The molecule has 3 unspecified atom stereocenters. The van der Waals surface area contributed by atoms with Crippen LogP contribution in [0.2, 0.25) is 0 Å². The summed E-state index contributed by atoms with van der Waals surface area (Å²) in [7, 11) is 0. The summed E-state index contributed by atoms with van der Waals surface area (Å²) in [5.74, 6) is 1.24. The van der Waals surface area contributed by atoms with Gasteiger partial charge >= 0.3 is 0 Å². The van der Waals surface area contributed by atoms with E-state index in [9.17, 15) is 4.79 Å². The summed E-state index contributed by atoms with van der Waals surface area (Å²) >= 11 is 0. The number of hydrogen-bond acceptors (Lipinski definition) is 1. The minimum absolute atomic E-state index is 0.219. The first kappa shape index (κ1) is 9.50. The van der Waals surface area contributed by atoms with Gasteiger partial charge in [0.05, 0.1) is 0 Å². The summed E-state index contributed by atoms with van der Waals surface area (Å²) in [5, 5.41) is 0. The van der Waals surface area contributed by atoms with Crippen LogP contribution in [0.15, 0.2) is 12.7 Å². The van der Waals surface area contributed by atoms with E-state index in [0.29, 0.717) is 11.7 Å². The third-order valence-electron chi connectivity index (χ3n) is 2.99. The molecule has 0 aromatic carbocycles. The Bertz CT molecular complexity index is 207. The van der Waals surface area contributed by atoms with Crippen LogP contribution in [-0.4, -0.2) is 5.78 Å². The molecule has 1 aliphatic carbocycles. The number of carbonyl (C=O) groups is 1. The molecular weight excluding hydrogens is 148 g/mol. The second kappa shape index (κ2) is 3.04. The number of carbonyl (C=O) groups excluding carboxylic acids is 1. The van der Waals surface area contributed by atoms with E-state index in [4.69, 9.17) is 0 Å². The lowest BCUT2D eigenvalue weighted by Crippen LogP contribution is -2.37. The Morgan fingerprint density at radius 1 is 1.58 bits per heavy atom. The first-order valence-corrected chi connectivity index (χ1v) is 4.67. The quantitative estimate of drug-likeness (QED) is 0.547. The lowest BCUT2D eigenvalue weighted by atomic mass is 9.66. The Balaban J connectivity index is 2.86. The van der Waals surface area contributed by atoms with Crippen molar-refractivity contribution in [2.24, 2.45) is 17.3 Å². The van der Waals surface area contributed by atoms with Crippen LogP contribution in [0.25, 0.3) is 0 Å². The molecule has 1 saturated carbocycles. The third kappa shape index (κ3) is 1.45. The van der Waals surface area contributed by atoms with Crippen LogP contribution in [0.4, 0.5) is 0 Å². The summed E-state index contributed by atoms with van der Waals surface area (Å²) < 4.78 is 0. The zero-order valence-electron chi connectivity index (χ0n) is 8.26. The Kier molecular flexibility index (Phi) is 2.41. The molecule has 1 nitrogen and oxygen atoms in total. The van der Waals surface area contributed by atoms with E-state index in [0.717, 1.165) is 12.8 Å². The first-order chi connectivity index (χ1) is 5.49. The SMILES string of the molecule is C=CC1(C)CC(C)CC(C)C1=O. The van der Waals surface area contributed by atoms with Gasteiger partial charge in [-0.05, 0) is 25.7 Å². The second-order valence-corrected chi connectivity index (χ2v) is 4.43. The molecule has 68 valence electrons. The van der Waals surface area contributed by atoms with Crippen molar-refractivity contribution in [3.8, 4) is 0 Å². The number of hydrogen-bond donors (Lipinski definition) is 0. The molecule has 12 heavy (non-hydrogen) atoms. The molecule has 0 saturated heterocycles. The van der Waals surface area contributed by atoms with Crippen molar-refractivity contribution < 1.29 is 4.79 Å². The monoisotopic (exact) mass is 166 g/mol. The van der Waals surface area contributed by atoms with Crippen LogP contribution < -0.4 is 0 Å². The zero-order chi connectivity index (χ0) is 9.35. The fraction of sp³-hybridized carbons (Fsp3) is 0.727. The Morgan fingerprint density at radius 3 is 2.67 bits per heavy atom. The predicted octanol–water partition coefficient (Wildman–Crippen LogP) is 2.81. The van der Waals surface area contributed by atoms with Gasteiger partial charge in [-0.15, -0.1) is 6.58 Å². The van der Waals surface area contributed by atoms with Crippen LogP contribution in [-0.2, 0) is 4.79 Å². The van der Waals surface area contributed by atoms with Crippen molar-refractivity contribution in [1.82, 2.24) is 0 Å². The van der Waals surface area contributed by atoms with Crippen LogP contribution in [0.3, 0.4) is 0 Å².